The first-order chi connectivity index (χ1) is 4.31. The van der Waals surface area contributed by atoms with Crippen LogP contribution in [0.4, 0.5) is 0 Å². The second kappa shape index (κ2) is 2.04. The molecule has 0 saturated carbocycles. The molecular formula is C9H16S. The molecule has 0 aliphatic carbocycles. The van der Waals surface area contributed by atoms with Crippen LogP contribution in [0.1, 0.15) is 34.6 Å². The molecule has 0 aromatic carbocycles. The highest BCUT2D eigenvalue weighted by atomic mass is 32.2. The summed E-state index contributed by atoms with van der Waals surface area (Å²) in [7, 11) is 0. The molecule has 0 atom stereocenters. The van der Waals surface area contributed by atoms with E-state index in [1.165, 1.54) is 4.91 Å². The highest BCUT2D eigenvalue weighted by Crippen LogP contribution is 2.51. The summed E-state index contributed by atoms with van der Waals surface area (Å²) in [6, 6.07) is 0. The molecule has 0 N–H and O–H groups in total. The second-order valence-electron chi connectivity index (χ2n) is 4.46. The molecule has 0 bridgehead atoms. The van der Waals surface area contributed by atoms with Crippen LogP contribution in [-0.2, 0) is 0 Å². The Hall–Kier alpha value is 0.0900. The van der Waals surface area contributed by atoms with Crippen LogP contribution in [0, 0.1) is 5.41 Å². The fourth-order valence-electron chi connectivity index (χ4n) is 0.970. The minimum atomic E-state index is 0.375. The van der Waals surface area contributed by atoms with Crippen molar-refractivity contribution in [3.05, 3.63) is 11.0 Å². The van der Waals surface area contributed by atoms with Gasteiger partial charge in [0.1, 0.15) is 0 Å². The van der Waals surface area contributed by atoms with Crippen LogP contribution in [0.15, 0.2) is 11.0 Å². The van der Waals surface area contributed by atoms with Crippen LogP contribution >= 0.6 is 11.8 Å². The number of thioether (sulfide) groups is 1. The molecule has 58 valence electrons. The van der Waals surface area contributed by atoms with Crippen LogP contribution in [-0.4, -0.2) is 4.75 Å². The molecule has 0 nitrogen and oxygen atoms in total. The molecule has 0 saturated heterocycles. The Balaban J connectivity index is 2.68. The standard InChI is InChI=1S/C9H16S/c1-8(2,3)7-6-9(4,5)10-7/h6H,1-5H3. The molecule has 1 aliphatic rings. The molecule has 0 spiro atoms. The van der Waals surface area contributed by atoms with Crippen molar-refractivity contribution in [2.45, 2.75) is 39.4 Å². The van der Waals surface area contributed by atoms with E-state index >= 15 is 0 Å². The Bertz CT molecular complexity index is 170. The van der Waals surface area contributed by atoms with E-state index in [1.807, 2.05) is 11.8 Å². The average Bonchev–Trinajstić information content (AvgIpc) is 1.56. The van der Waals surface area contributed by atoms with E-state index < -0.39 is 0 Å². The molecule has 1 rings (SSSR count). The molecule has 0 fully saturated rings. The molecule has 0 amide bonds. The first kappa shape index (κ1) is 8.19. The van der Waals surface area contributed by atoms with Gasteiger partial charge in [0, 0.05) is 4.75 Å². The molecule has 0 aromatic heterocycles. The smallest absolute Gasteiger partial charge is 0.0337 e. The van der Waals surface area contributed by atoms with E-state index in [0.717, 1.165) is 0 Å². The van der Waals surface area contributed by atoms with Crippen LogP contribution in [0.5, 0.6) is 0 Å². The lowest BCUT2D eigenvalue weighted by atomic mass is 9.93. The van der Waals surface area contributed by atoms with Crippen molar-refractivity contribution in [2.24, 2.45) is 5.41 Å². The quantitative estimate of drug-likeness (QED) is 0.517. The van der Waals surface area contributed by atoms with Gasteiger partial charge in [0.2, 0.25) is 0 Å². The van der Waals surface area contributed by atoms with Crippen LogP contribution in [0.25, 0.3) is 0 Å². The van der Waals surface area contributed by atoms with E-state index in [1.54, 1.807) is 0 Å². The van der Waals surface area contributed by atoms with Gasteiger partial charge < -0.3 is 0 Å². The Kier molecular flexibility index (Phi) is 1.67. The molecule has 0 radical (unpaired) electrons. The Labute approximate surface area is 68.1 Å². The highest BCUT2D eigenvalue weighted by Gasteiger charge is 2.33. The van der Waals surface area contributed by atoms with Crippen molar-refractivity contribution in [2.75, 3.05) is 0 Å². The van der Waals surface area contributed by atoms with Crippen molar-refractivity contribution in [3.63, 3.8) is 0 Å². The summed E-state index contributed by atoms with van der Waals surface area (Å²) >= 11 is 2.00. The molecule has 1 aliphatic heterocycles. The fraction of sp³-hybridized carbons (Fsp3) is 0.778. The van der Waals surface area contributed by atoms with Crippen molar-refractivity contribution in [1.29, 1.82) is 0 Å². The van der Waals surface area contributed by atoms with Crippen LogP contribution < -0.4 is 0 Å². The Morgan fingerprint density at radius 1 is 1.30 bits per heavy atom. The summed E-state index contributed by atoms with van der Waals surface area (Å²) < 4.78 is 0.405. The van der Waals surface area contributed by atoms with Crippen LogP contribution in [0.3, 0.4) is 0 Å². The normalized spacial score (nSPS) is 23.5. The van der Waals surface area contributed by atoms with E-state index in [-0.39, 0.29) is 0 Å². The van der Waals surface area contributed by atoms with Crippen molar-refractivity contribution in [3.8, 4) is 0 Å². The monoisotopic (exact) mass is 156 g/mol. The van der Waals surface area contributed by atoms with Gasteiger partial charge in [-0.15, -0.1) is 11.8 Å². The largest absolute Gasteiger partial charge is 0.120 e. The third kappa shape index (κ3) is 1.57. The molecule has 10 heavy (non-hydrogen) atoms. The van der Waals surface area contributed by atoms with Gasteiger partial charge in [-0.3, -0.25) is 0 Å². The van der Waals surface area contributed by atoms with Gasteiger partial charge in [-0.2, -0.15) is 0 Å². The van der Waals surface area contributed by atoms with E-state index in [2.05, 4.69) is 40.7 Å². The van der Waals surface area contributed by atoms with Gasteiger partial charge in [-0.05, 0) is 24.2 Å². The first-order valence-corrected chi connectivity index (χ1v) is 4.55. The third-order valence-corrected chi connectivity index (χ3v) is 3.18. The van der Waals surface area contributed by atoms with Crippen LogP contribution in [0.2, 0.25) is 0 Å². The number of rotatable bonds is 0. The fourth-order valence-corrected chi connectivity index (χ4v) is 2.19. The van der Waals surface area contributed by atoms with E-state index in [9.17, 15) is 0 Å². The van der Waals surface area contributed by atoms with E-state index in [0.29, 0.717) is 10.2 Å². The zero-order valence-electron chi connectivity index (χ0n) is 7.49. The van der Waals surface area contributed by atoms with Crippen molar-refractivity contribution < 1.29 is 0 Å². The van der Waals surface area contributed by atoms with Gasteiger partial charge in [0.15, 0.2) is 0 Å². The van der Waals surface area contributed by atoms with Gasteiger partial charge in [0.05, 0.1) is 0 Å². The highest BCUT2D eigenvalue weighted by molar-refractivity contribution is 8.05. The average molecular weight is 156 g/mol. The molecular weight excluding hydrogens is 140 g/mol. The summed E-state index contributed by atoms with van der Waals surface area (Å²) in [5, 5.41) is 0. The number of hydrogen-bond donors (Lipinski definition) is 0. The molecule has 1 heteroatoms. The van der Waals surface area contributed by atoms with E-state index in [4.69, 9.17) is 0 Å². The molecule has 0 unspecified atom stereocenters. The maximum atomic E-state index is 2.37. The summed E-state index contributed by atoms with van der Waals surface area (Å²) in [4.78, 5) is 1.54. The minimum Gasteiger partial charge on any atom is -0.120 e. The maximum absolute atomic E-state index is 2.37. The van der Waals surface area contributed by atoms with Gasteiger partial charge >= 0.3 is 0 Å². The first-order valence-electron chi connectivity index (χ1n) is 3.74. The minimum absolute atomic E-state index is 0.375. The second-order valence-corrected chi connectivity index (χ2v) is 6.16. The van der Waals surface area contributed by atoms with Gasteiger partial charge in [0.25, 0.3) is 0 Å². The Morgan fingerprint density at radius 2 is 1.70 bits per heavy atom. The summed E-state index contributed by atoms with van der Waals surface area (Å²) in [6.45, 7) is 11.3. The Morgan fingerprint density at radius 3 is 1.80 bits per heavy atom. The lowest BCUT2D eigenvalue weighted by Crippen LogP contribution is -2.26. The predicted molar refractivity (Wildman–Crippen MR) is 49.2 cm³/mol. The topological polar surface area (TPSA) is 0 Å². The molecule has 0 aromatic rings. The lowest BCUT2D eigenvalue weighted by Gasteiger charge is -2.38. The van der Waals surface area contributed by atoms with Gasteiger partial charge in [-0.25, -0.2) is 0 Å². The van der Waals surface area contributed by atoms with Crippen molar-refractivity contribution >= 4 is 11.8 Å². The number of hydrogen-bond acceptors (Lipinski definition) is 1. The summed E-state index contributed by atoms with van der Waals surface area (Å²) in [6.07, 6.45) is 2.37. The summed E-state index contributed by atoms with van der Waals surface area (Å²) in [5.41, 5.74) is 0.375. The zero-order valence-corrected chi connectivity index (χ0v) is 8.30. The SMILES string of the molecule is CC1(C)C=C(C(C)(C)C)S1. The maximum Gasteiger partial charge on any atom is 0.0337 e. The predicted octanol–water partition coefficient (Wildman–Crippen LogP) is 3.44. The summed E-state index contributed by atoms with van der Waals surface area (Å²) in [5.74, 6) is 0. The molecule has 1 heterocycles. The van der Waals surface area contributed by atoms with Gasteiger partial charge in [-0.1, -0.05) is 26.8 Å². The zero-order chi connectivity index (χ0) is 7.99. The third-order valence-electron chi connectivity index (χ3n) is 1.59. The lowest BCUT2D eigenvalue weighted by molar-refractivity contribution is 0.520. The number of allylic oxidation sites excluding steroid dienone is 1. The van der Waals surface area contributed by atoms with Crippen molar-refractivity contribution in [1.82, 2.24) is 0 Å².